The summed E-state index contributed by atoms with van der Waals surface area (Å²) in [6.45, 7) is 7.52. The highest BCUT2D eigenvalue weighted by Crippen LogP contribution is 2.32. The van der Waals surface area contributed by atoms with Gasteiger partial charge in [-0.25, -0.2) is 0 Å². The van der Waals surface area contributed by atoms with Crippen LogP contribution in [0, 0.1) is 10.5 Å². The van der Waals surface area contributed by atoms with Crippen LogP contribution < -0.4 is 5.32 Å². The normalized spacial score (nSPS) is 12.6. The quantitative estimate of drug-likeness (QED) is 0.721. The van der Waals surface area contributed by atoms with Crippen molar-refractivity contribution < 1.29 is 0 Å². The number of benzene rings is 1. The lowest BCUT2D eigenvalue weighted by molar-refractivity contribution is 0.513. The number of hydrogen-bond acceptors (Lipinski definition) is 4. The fourth-order valence-corrected chi connectivity index (χ4v) is 3.85. The lowest BCUT2D eigenvalue weighted by Gasteiger charge is -2.12. The number of aromatic nitrogens is 2. The molecule has 0 spiro atoms. The third-order valence-electron chi connectivity index (χ3n) is 3.21. The molecule has 0 fully saturated rings. The molecule has 0 saturated heterocycles. The molecule has 1 heterocycles. The minimum absolute atomic E-state index is 0.323. The number of halogens is 1. The molecule has 1 aromatic carbocycles. The highest BCUT2D eigenvalue weighted by Gasteiger charge is 2.16. The van der Waals surface area contributed by atoms with E-state index in [0.717, 1.165) is 29.4 Å². The van der Waals surface area contributed by atoms with E-state index in [0.29, 0.717) is 6.04 Å². The molecule has 1 unspecified atom stereocenters. The first-order valence-electron chi connectivity index (χ1n) is 6.99. The van der Waals surface area contributed by atoms with Crippen LogP contribution in [0.3, 0.4) is 0 Å². The Morgan fingerprint density at radius 1 is 1.30 bits per heavy atom. The Hall–Kier alpha value is -0.530. The van der Waals surface area contributed by atoms with Crippen LogP contribution >= 0.6 is 33.9 Å². The summed E-state index contributed by atoms with van der Waals surface area (Å²) in [6.07, 6.45) is 2.18. The van der Waals surface area contributed by atoms with E-state index < -0.39 is 0 Å². The van der Waals surface area contributed by atoms with Crippen LogP contribution in [0.5, 0.6) is 0 Å². The summed E-state index contributed by atoms with van der Waals surface area (Å²) in [4.78, 5) is 0. The van der Waals surface area contributed by atoms with Crippen LogP contribution in [0.2, 0.25) is 0 Å². The second kappa shape index (κ2) is 7.47. The monoisotopic (exact) mass is 401 g/mol. The molecule has 2 rings (SSSR count). The third-order valence-corrected chi connectivity index (χ3v) is 5.71. The van der Waals surface area contributed by atoms with Crippen molar-refractivity contribution in [2.24, 2.45) is 0 Å². The lowest BCUT2D eigenvalue weighted by atomic mass is 10.1. The Bertz CT molecular complexity index is 568. The van der Waals surface area contributed by atoms with Gasteiger partial charge >= 0.3 is 0 Å². The average Bonchev–Trinajstić information content (AvgIpc) is 2.92. The molecule has 0 radical (unpaired) electrons. The molecular weight excluding hydrogens is 381 g/mol. The molecule has 0 aliphatic rings. The first-order chi connectivity index (χ1) is 9.67. The molecule has 1 N–H and O–H groups in total. The Balaban J connectivity index is 2.26. The molecule has 1 aromatic heterocycles. The standard InChI is InChI=1S/C15H20IN3S/c1-4-9-17-12(5-2)15-19-18-14(20-15)11-8-6-7-10(3)13(11)16/h6-8,12,17H,4-5,9H2,1-3H3. The Kier molecular flexibility index (Phi) is 5.92. The van der Waals surface area contributed by atoms with Crippen molar-refractivity contribution in [2.45, 2.75) is 39.7 Å². The fraction of sp³-hybridized carbons (Fsp3) is 0.467. The number of nitrogens with zero attached hydrogens (tertiary/aromatic N) is 2. The van der Waals surface area contributed by atoms with E-state index in [9.17, 15) is 0 Å². The molecule has 5 heteroatoms. The molecule has 0 amide bonds. The summed E-state index contributed by atoms with van der Waals surface area (Å²) >= 11 is 4.09. The van der Waals surface area contributed by atoms with Gasteiger partial charge in [0, 0.05) is 9.13 Å². The Morgan fingerprint density at radius 2 is 2.10 bits per heavy atom. The summed E-state index contributed by atoms with van der Waals surface area (Å²) in [7, 11) is 0. The van der Waals surface area contributed by atoms with E-state index in [1.54, 1.807) is 11.3 Å². The average molecular weight is 401 g/mol. The molecule has 0 saturated carbocycles. The number of aryl methyl sites for hydroxylation is 1. The van der Waals surface area contributed by atoms with E-state index in [4.69, 9.17) is 0 Å². The second-order valence-corrected chi connectivity index (χ2v) is 6.88. The van der Waals surface area contributed by atoms with Gasteiger partial charge in [-0.15, -0.1) is 10.2 Å². The predicted molar refractivity (Wildman–Crippen MR) is 94.1 cm³/mol. The molecule has 0 aliphatic heterocycles. The second-order valence-electron chi connectivity index (χ2n) is 4.80. The van der Waals surface area contributed by atoms with Crippen molar-refractivity contribution in [1.82, 2.24) is 15.5 Å². The van der Waals surface area contributed by atoms with Crippen LogP contribution in [0.4, 0.5) is 0 Å². The van der Waals surface area contributed by atoms with Crippen molar-refractivity contribution in [3.8, 4) is 10.6 Å². The Labute approximate surface area is 138 Å². The molecule has 3 nitrogen and oxygen atoms in total. The molecule has 0 aliphatic carbocycles. The molecule has 2 aromatic rings. The summed E-state index contributed by atoms with van der Waals surface area (Å²) in [5.74, 6) is 0. The van der Waals surface area contributed by atoms with Gasteiger partial charge in [0.05, 0.1) is 6.04 Å². The van der Waals surface area contributed by atoms with Crippen LogP contribution in [0.15, 0.2) is 18.2 Å². The van der Waals surface area contributed by atoms with E-state index in [2.05, 4.69) is 77.1 Å². The number of hydrogen-bond donors (Lipinski definition) is 1. The highest BCUT2D eigenvalue weighted by molar-refractivity contribution is 14.1. The van der Waals surface area contributed by atoms with Gasteiger partial charge < -0.3 is 5.32 Å². The third kappa shape index (κ3) is 3.56. The van der Waals surface area contributed by atoms with Crippen molar-refractivity contribution >= 4 is 33.9 Å². The first kappa shape index (κ1) is 15.9. The topological polar surface area (TPSA) is 37.8 Å². The predicted octanol–water partition coefficient (Wildman–Crippen LogP) is 4.57. The minimum Gasteiger partial charge on any atom is -0.308 e. The maximum absolute atomic E-state index is 4.39. The van der Waals surface area contributed by atoms with Gasteiger partial charge in [-0.2, -0.15) is 0 Å². The summed E-state index contributed by atoms with van der Waals surface area (Å²) in [5.41, 5.74) is 2.48. The highest BCUT2D eigenvalue weighted by atomic mass is 127. The largest absolute Gasteiger partial charge is 0.308 e. The Morgan fingerprint density at radius 3 is 2.80 bits per heavy atom. The summed E-state index contributed by atoms with van der Waals surface area (Å²) in [5, 5.41) is 14.4. The fourth-order valence-electron chi connectivity index (χ4n) is 2.02. The molecular formula is C15H20IN3S. The summed E-state index contributed by atoms with van der Waals surface area (Å²) < 4.78 is 1.27. The van der Waals surface area contributed by atoms with Crippen LogP contribution in [0.1, 0.15) is 43.3 Å². The van der Waals surface area contributed by atoms with Crippen molar-refractivity contribution in [3.05, 3.63) is 32.3 Å². The molecule has 1 atom stereocenters. The van der Waals surface area contributed by atoms with Crippen LogP contribution in [0.25, 0.3) is 10.6 Å². The zero-order valence-corrected chi connectivity index (χ0v) is 15.1. The summed E-state index contributed by atoms with van der Waals surface area (Å²) in [6, 6.07) is 6.66. The van der Waals surface area contributed by atoms with Gasteiger partial charge in [0.25, 0.3) is 0 Å². The van der Waals surface area contributed by atoms with Gasteiger partial charge in [-0.05, 0) is 54.5 Å². The van der Waals surface area contributed by atoms with E-state index in [1.807, 2.05) is 0 Å². The smallest absolute Gasteiger partial charge is 0.148 e. The van der Waals surface area contributed by atoms with Crippen molar-refractivity contribution in [3.63, 3.8) is 0 Å². The van der Waals surface area contributed by atoms with Gasteiger partial charge in [-0.3, -0.25) is 0 Å². The van der Waals surface area contributed by atoms with Crippen molar-refractivity contribution in [2.75, 3.05) is 6.54 Å². The molecule has 0 bridgehead atoms. The SMILES string of the molecule is CCCNC(CC)c1nnc(-c2cccc(C)c2I)s1. The van der Waals surface area contributed by atoms with E-state index in [1.165, 1.54) is 14.7 Å². The van der Waals surface area contributed by atoms with E-state index >= 15 is 0 Å². The molecule has 108 valence electrons. The maximum Gasteiger partial charge on any atom is 0.148 e. The van der Waals surface area contributed by atoms with Gasteiger partial charge in [-0.1, -0.05) is 43.4 Å². The lowest BCUT2D eigenvalue weighted by Crippen LogP contribution is -2.21. The minimum atomic E-state index is 0.323. The van der Waals surface area contributed by atoms with E-state index in [-0.39, 0.29) is 0 Å². The molecule has 20 heavy (non-hydrogen) atoms. The van der Waals surface area contributed by atoms with Crippen LogP contribution in [-0.2, 0) is 0 Å². The zero-order chi connectivity index (χ0) is 14.5. The van der Waals surface area contributed by atoms with Gasteiger partial charge in [0.1, 0.15) is 10.0 Å². The number of rotatable bonds is 6. The van der Waals surface area contributed by atoms with Crippen LogP contribution in [-0.4, -0.2) is 16.7 Å². The van der Waals surface area contributed by atoms with Gasteiger partial charge in [0.2, 0.25) is 0 Å². The number of nitrogens with one attached hydrogen (secondary N) is 1. The van der Waals surface area contributed by atoms with Crippen molar-refractivity contribution in [1.29, 1.82) is 0 Å². The zero-order valence-electron chi connectivity index (χ0n) is 12.1. The van der Waals surface area contributed by atoms with Gasteiger partial charge in [0.15, 0.2) is 0 Å². The maximum atomic E-state index is 4.39. The first-order valence-corrected chi connectivity index (χ1v) is 8.89.